The van der Waals surface area contributed by atoms with Gasteiger partial charge in [0.15, 0.2) is 5.82 Å². The van der Waals surface area contributed by atoms with E-state index in [0.29, 0.717) is 18.1 Å². The molecule has 0 aliphatic carbocycles. The van der Waals surface area contributed by atoms with Gasteiger partial charge in [0, 0.05) is 25.0 Å². The van der Waals surface area contributed by atoms with Crippen molar-refractivity contribution in [3.8, 4) is 0 Å². The van der Waals surface area contributed by atoms with Gasteiger partial charge in [-0.05, 0) is 30.4 Å². The maximum Gasteiger partial charge on any atom is 0.248 e. The van der Waals surface area contributed by atoms with Crippen molar-refractivity contribution in [2.75, 3.05) is 13.7 Å². The second kappa shape index (κ2) is 5.40. The number of nitrogens with zero attached hydrogens (tertiary/aromatic N) is 2. The van der Waals surface area contributed by atoms with Crippen LogP contribution in [0.1, 0.15) is 35.1 Å². The molecule has 1 aliphatic heterocycles. The van der Waals surface area contributed by atoms with Crippen molar-refractivity contribution in [1.82, 2.24) is 15.5 Å². The standard InChI is InChI=1S/C13H17N3O2S/c1-8(17-2)7-11-15-13(18-16-11)12-9-4-6-19-10(9)3-5-14-12/h4,6,8,12,14H,3,5,7H2,1-2H3. The smallest absolute Gasteiger partial charge is 0.248 e. The van der Waals surface area contributed by atoms with Crippen molar-refractivity contribution < 1.29 is 9.26 Å². The molecule has 19 heavy (non-hydrogen) atoms. The molecular formula is C13H17N3O2S. The highest BCUT2D eigenvalue weighted by atomic mass is 32.1. The zero-order chi connectivity index (χ0) is 13.2. The quantitative estimate of drug-likeness (QED) is 0.927. The lowest BCUT2D eigenvalue weighted by Gasteiger charge is -2.20. The topological polar surface area (TPSA) is 60.2 Å². The highest BCUT2D eigenvalue weighted by Gasteiger charge is 2.27. The van der Waals surface area contributed by atoms with Crippen LogP contribution in [0.25, 0.3) is 0 Å². The number of thiophene rings is 1. The van der Waals surface area contributed by atoms with E-state index >= 15 is 0 Å². The summed E-state index contributed by atoms with van der Waals surface area (Å²) in [7, 11) is 1.69. The van der Waals surface area contributed by atoms with Crippen LogP contribution < -0.4 is 5.32 Å². The molecule has 0 spiro atoms. The van der Waals surface area contributed by atoms with E-state index in [1.54, 1.807) is 18.4 Å². The van der Waals surface area contributed by atoms with Crippen LogP contribution in [0.5, 0.6) is 0 Å². The number of rotatable bonds is 4. The molecule has 0 saturated carbocycles. The number of hydrogen-bond acceptors (Lipinski definition) is 6. The SMILES string of the molecule is COC(C)Cc1noc(C2NCCc3sccc32)n1. The first-order valence-electron chi connectivity index (χ1n) is 6.43. The van der Waals surface area contributed by atoms with E-state index in [2.05, 4.69) is 26.9 Å². The van der Waals surface area contributed by atoms with Crippen LogP contribution in [0.3, 0.4) is 0 Å². The Bertz CT molecular complexity index is 552. The molecule has 1 N–H and O–H groups in total. The van der Waals surface area contributed by atoms with Crippen LogP contribution >= 0.6 is 11.3 Å². The van der Waals surface area contributed by atoms with Gasteiger partial charge in [0.25, 0.3) is 0 Å². The maximum atomic E-state index is 5.40. The highest BCUT2D eigenvalue weighted by Crippen LogP contribution is 2.31. The summed E-state index contributed by atoms with van der Waals surface area (Å²) in [4.78, 5) is 5.90. The van der Waals surface area contributed by atoms with Gasteiger partial charge in [-0.1, -0.05) is 5.16 Å². The summed E-state index contributed by atoms with van der Waals surface area (Å²) >= 11 is 1.80. The summed E-state index contributed by atoms with van der Waals surface area (Å²) in [6, 6.07) is 2.17. The average molecular weight is 279 g/mol. The first-order valence-corrected chi connectivity index (χ1v) is 7.31. The first-order chi connectivity index (χ1) is 9.28. The van der Waals surface area contributed by atoms with Gasteiger partial charge in [-0.2, -0.15) is 4.98 Å². The molecule has 0 radical (unpaired) electrons. The molecule has 0 saturated heterocycles. The van der Waals surface area contributed by atoms with Gasteiger partial charge in [-0.3, -0.25) is 0 Å². The van der Waals surface area contributed by atoms with E-state index in [0.717, 1.165) is 13.0 Å². The molecule has 6 heteroatoms. The summed E-state index contributed by atoms with van der Waals surface area (Å²) < 4.78 is 10.6. The molecular weight excluding hydrogens is 262 g/mol. The van der Waals surface area contributed by atoms with Crippen LogP contribution in [0.2, 0.25) is 0 Å². The summed E-state index contributed by atoms with van der Waals surface area (Å²) in [6.45, 7) is 2.94. The van der Waals surface area contributed by atoms with Crippen LogP contribution in [0, 0.1) is 0 Å². The van der Waals surface area contributed by atoms with Crippen LogP contribution in [-0.2, 0) is 17.6 Å². The monoisotopic (exact) mass is 279 g/mol. The van der Waals surface area contributed by atoms with Gasteiger partial charge in [-0.25, -0.2) is 0 Å². The number of hydrogen-bond donors (Lipinski definition) is 1. The van der Waals surface area contributed by atoms with Crippen molar-refractivity contribution in [1.29, 1.82) is 0 Å². The predicted molar refractivity (Wildman–Crippen MR) is 72.3 cm³/mol. The second-order valence-corrected chi connectivity index (χ2v) is 5.74. The molecule has 2 aromatic heterocycles. The molecule has 0 bridgehead atoms. The minimum atomic E-state index is 0.0362. The highest BCUT2D eigenvalue weighted by molar-refractivity contribution is 7.10. The molecule has 102 valence electrons. The first kappa shape index (κ1) is 12.8. The summed E-state index contributed by atoms with van der Waals surface area (Å²) in [5, 5.41) is 9.59. The van der Waals surface area contributed by atoms with Crippen LogP contribution in [0.15, 0.2) is 16.0 Å². The lowest BCUT2D eigenvalue weighted by molar-refractivity contribution is 0.116. The zero-order valence-electron chi connectivity index (χ0n) is 11.0. The lowest BCUT2D eigenvalue weighted by atomic mass is 10.0. The largest absolute Gasteiger partial charge is 0.381 e. The van der Waals surface area contributed by atoms with Crippen LogP contribution in [-0.4, -0.2) is 29.9 Å². The van der Waals surface area contributed by atoms with Gasteiger partial charge in [0.2, 0.25) is 5.89 Å². The molecule has 0 fully saturated rings. The predicted octanol–water partition coefficient (Wildman–Crippen LogP) is 1.94. The van der Waals surface area contributed by atoms with Gasteiger partial charge in [0.05, 0.1) is 6.10 Å². The molecule has 2 aromatic rings. The summed E-state index contributed by atoms with van der Waals surface area (Å²) in [5.41, 5.74) is 1.27. The maximum absolute atomic E-state index is 5.40. The van der Waals surface area contributed by atoms with Crippen molar-refractivity contribution in [2.45, 2.75) is 31.9 Å². The van der Waals surface area contributed by atoms with Gasteiger partial charge in [-0.15, -0.1) is 11.3 Å². The van der Waals surface area contributed by atoms with Crippen molar-refractivity contribution in [3.63, 3.8) is 0 Å². The fraction of sp³-hybridized carbons (Fsp3) is 0.538. The Kier molecular flexibility index (Phi) is 3.63. The molecule has 2 unspecified atom stereocenters. The molecule has 1 aliphatic rings. The average Bonchev–Trinajstić information content (AvgIpc) is 3.06. The molecule has 3 rings (SSSR count). The number of fused-ring (bicyclic) bond motifs is 1. The van der Waals surface area contributed by atoms with Crippen LogP contribution in [0.4, 0.5) is 0 Å². The van der Waals surface area contributed by atoms with Crippen molar-refractivity contribution >= 4 is 11.3 Å². The summed E-state index contributed by atoms with van der Waals surface area (Å²) in [5.74, 6) is 1.35. The normalized spacial score (nSPS) is 20.2. The Morgan fingerprint density at radius 3 is 3.37 bits per heavy atom. The number of nitrogens with one attached hydrogen (secondary N) is 1. The third kappa shape index (κ3) is 2.56. The van der Waals surface area contributed by atoms with E-state index in [9.17, 15) is 0 Å². The Hall–Kier alpha value is -1.24. The second-order valence-electron chi connectivity index (χ2n) is 4.74. The number of ether oxygens (including phenoxy) is 1. The molecule has 5 nitrogen and oxygen atoms in total. The number of aromatic nitrogens is 2. The Balaban J connectivity index is 1.81. The Morgan fingerprint density at radius 2 is 2.53 bits per heavy atom. The number of methoxy groups -OCH3 is 1. The Morgan fingerprint density at radius 1 is 1.63 bits per heavy atom. The molecule has 3 heterocycles. The molecule has 2 atom stereocenters. The van der Waals surface area contributed by atoms with Gasteiger partial charge in [0.1, 0.15) is 6.04 Å². The fourth-order valence-corrected chi connectivity index (χ4v) is 3.20. The Labute approximate surface area is 116 Å². The fourth-order valence-electron chi connectivity index (χ4n) is 2.28. The van der Waals surface area contributed by atoms with Gasteiger partial charge >= 0.3 is 0 Å². The third-order valence-electron chi connectivity index (χ3n) is 3.39. The molecule has 0 aromatic carbocycles. The van der Waals surface area contributed by atoms with Gasteiger partial charge < -0.3 is 14.6 Å². The van der Waals surface area contributed by atoms with E-state index in [1.165, 1.54) is 10.4 Å². The zero-order valence-corrected chi connectivity index (χ0v) is 11.9. The minimum absolute atomic E-state index is 0.0362. The van der Waals surface area contributed by atoms with Crippen molar-refractivity contribution in [2.24, 2.45) is 0 Å². The van der Waals surface area contributed by atoms with E-state index < -0.39 is 0 Å². The lowest BCUT2D eigenvalue weighted by Crippen LogP contribution is -2.29. The minimum Gasteiger partial charge on any atom is -0.381 e. The summed E-state index contributed by atoms with van der Waals surface area (Å²) in [6.07, 6.45) is 1.84. The molecule has 0 amide bonds. The van der Waals surface area contributed by atoms with Crippen molar-refractivity contribution in [3.05, 3.63) is 33.6 Å². The van der Waals surface area contributed by atoms with E-state index in [4.69, 9.17) is 9.26 Å². The third-order valence-corrected chi connectivity index (χ3v) is 4.39. The van der Waals surface area contributed by atoms with E-state index in [-0.39, 0.29) is 12.1 Å². The van der Waals surface area contributed by atoms with E-state index in [1.807, 2.05) is 6.92 Å².